The summed E-state index contributed by atoms with van der Waals surface area (Å²) < 4.78 is 5.40. The molecule has 1 aliphatic heterocycles. The van der Waals surface area contributed by atoms with Crippen LogP contribution in [0.2, 0.25) is 0 Å². The topological polar surface area (TPSA) is 37.9 Å². The maximum absolute atomic E-state index is 5.40. The molecule has 1 saturated heterocycles. The highest BCUT2D eigenvalue weighted by atomic mass is 32.1. The first-order valence-corrected chi connectivity index (χ1v) is 7.17. The maximum Gasteiger partial charge on any atom is 0.110 e. The fraction of sp³-hybridized carbons (Fsp3) is 0.500. The summed E-state index contributed by atoms with van der Waals surface area (Å²) in [5, 5.41) is 0. The van der Waals surface area contributed by atoms with Crippen molar-refractivity contribution in [2.24, 2.45) is 0 Å². The minimum atomic E-state index is 0.527. The zero-order valence-corrected chi connectivity index (χ0v) is 11.2. The summed E-state index contributed by atoms with van der Waals surface area (Å²) in [6, 6.07) is 6.45. The van der Waals surface area contributed by atoms with E-state index in [1.54, 1.807) is 0 Å². The van der Waals surface area contributed by atoms with E-state index in [9.17, 15) is 0 Å². The average molecular weight is 262 g/mol. The van der Waals surface area contributed by atoms with Crippen molar-refractivity contribution < 1.29 is 4.74 Å². The van der Waals surface area contributed by atoms with Gasteiger partial charge in [-0.2, -0.15) is 12.6 Å². The summed E-state index contributed by atoms with van der Waals surface area (Å²) in [5.41, 5.74) is 3.54. The number of imidazole rings is 1. The molecule has 3 nitrogen and oxygen atoms in total. The number of aromatic nitrogens is 2. The first kappa shape index (κ1) is 12.1. The summed E-state index contributed by atoms with van der Waals surface area (Å²) in [4.78, 5) is 8.18. The molecule has 1 fully saturated rings. The molecule has 3 rings (SSSR count). The third-order valence-corrected chi connectivity index (χ3v) is 3.80. The van der Waals surface area contributed by atoms with Crippen molar-refractivity contribution in [1.29, 1.82) is 0 Å². The van der Waals surface area contributed by atoms with E-state index >= 15 is 0 Å². The van der Waals surface area contributed by atoms with Gasteiger partial charge in [0.1, 0.15) is 5.82 Å². The lowest BCUT2D eigenvalue weighted by Gasteiger charge is -2.19. The van der Waals surface area contributed by atoms with Crippen molar-refractivity contribution in [1.82, 2.24) is 9.97 Å². The van der Waals surface area contributed by atoms with Gasteiger partial charge in [-0.15, -0.1) is 0 Å². The van der Waals surface area contributed by atoms with Crippen LogP contribution in [0, 0.1) is 0 Å². The van der Waals surface area contributed by atoms with Crippen LogP contribution in [-0.4, -0.2) is 28.9 Å². The van der Waals surface area contributed by atoms with E-state index in [0.717, 1.165) is 55.1 Å². The number of ether oxygens (including phenoxy) is 1. The van der Waals surface area contributed by atoms with E-state index in [1.807, 2.05) is 0 Å². The van der Waals surface area contributed by atoms with Crippen LogP contribution < -0.4 is 0 Å². The molecule has 0 unspecified atom stereocenters. The van der Waals surface area contributed by atoms with Gasteiger partial charge in [0, 0.05) is 19.1 Å². The number of benzene rings is 1. The molecule has 1 aromatic carbocycles. The Morgan fingerprint density at radius 1 is 1.33 bits per heavy atom. The van der Waals surface area contributed by atoms with Gasteiger partial charge in [-0.25, -0.2) is 4.98 Å². The molecule has 0 radical (unpaired) electrons. The summed E-state index contributed by atoms with van der Waals surface area (Å²) in [6.45, 7) is 1.71. The zero-order chi connectivity index (χ0) is 12.4. The third-order valence-electron chi connectivity index (χ3n) is 3.57. The summed E-state index contributed by atoms with van der Waals surface area (Å²) in [6.07, 6.45) is 3.15. The number of nitrogens with zero attached hydrogens (tertiary/aromatic N) is 1. The van der Waals surface area contributed by atoms with Crippen LogP contribution in [0.4, 0.5) is 0 Å². The van der Waals surface area contributed by atoms with Gasteiger partial charge in [-0.3, -0.25) is 0 Å². The van der Waals surface area contributed by atoms with Gasteiger partial charge < -0.3 is 9.72 Å². The molecule has 0 aliphatic carbocycles. The predicted octanol–water partition coefficient (Wildman–Crippen LogP) is 2.93. The lowest BCUT2D eigenvalue weighted by Crippen LogP contribution is -2.15. The van der Waals surface area contributed by atoms with E-state index in [1.165, 1.54) is 5.56 Å². The number of hydrogen-bond donors (Lipinski definition) is 2. The van der Waals surface area contributed by atoms with Crippen molar-refractivity contribution >= 4 is 23.7 Å². The molecule has 18 heavy (non-hydrogen) atoms. The zero-order valence-electron chi connectivity index (χ0n) is 10.4. The van der Waals surface area contributed by atoms with Crippen LogP contribution in [0.5, 0.6) is 0 Å². The summed E-state index contributed by atoms with van der Waals surface area (Å²) in [5.74, 6) is 2.53. The smallest absolute Gasteiger partial charge is 0.110 e. The van der Waals surface area contributed by atoms with Crippen molar-refractivity contribution in [2.75, 3.05) is 19.0 Å². The standard InChI is InChI=1S/C14H18N2OS/c18-8-5-10-1-2-12-13(9-10)16-14(15-12)11-3-6-17-7-4-11/h1-2,9,11,18H,3-8H2,(H,15,16). The highest BCUT2D eigenvalue weighted by Crippen LogP contribution is 2.26. The molecule has 0 bridgehead atoms. The normalized spacial score (nSPS) is 17.4. The molecule has 4 heteroatoms. The molecule has 2 aromatic rings. The molecule has 0 atom stereocenters. The molecular formula is C14H18N2OS. The number of aromatic amines is 1. The molecule has 2 heterocycles. The van der Waals surface area contributed by atoms with Crippen molar-refractivity contribution in [3.63, 3.8) is 0 Å². The Labute approximate surface area is 112 Å². The van der Waals surface area contributed by atoms with E-state index < -0.39 is 0 Å². The highest BCUT2D eigenvalue weighted by molar-refractivity contribution is 7.80. The Kier molecular flexibility index (Phi) is 3.57. The number of hydrogen-bond acceptors (Lipinski definition) is 3. The molecule has 1 N–H and O–H groups in total. The van der Waals surface area contributed by atoms with Gasteiger partial charge in [0.05, 0.1) is 11.0 Å². The van der Waals surface area contributed by atoms with E-state index in [0.29, 0.717) is 5.92 Å². The second kappa shape index (κ2) is 5.33. The number of rotatable bonds is 3. The van der Waals surface area contributed by atoms with Gasteiger partial charge in [0.2, 0.25) is 0 Å². The number of H-pyrrole nitrogens is 1. The fourth-order valence-corrected chi connectivity index (χ4v) is 2.78. The third kappa shape index (κ3) is 2.40. The Hall–Kier alpha value is -1.00. The van der Waals surface area contributed by atoms with Crippen LogP contribution in [0.25, 0.3) is 11.0 Å². The van der Waals surface area contributed by atoms with Crippen LogP contribution in [0.3, 0.4) is 0 Å². The van der Waals surface area contributed by atoms with Crippen molar-refractivity contribution in [2.45, 2.75) is 25.2 Å². The quantitative estimate of drug-likeness (QED) is 0.835. The number of nitrogens with one attached hydrogen (secondary N) is 1. The predicted molar refractivity (Wildman–Crippen MR) is 76.4 cm³/mol. The first-order valence-electron chi connectivity index (χ1n) is 6.54. The average Bonchev–Trinajstić information content (AvgIpc) is 2.83. The van der Waals surface area contributed by atoms with Crippen LogP contribution in [-0.2, 0) is 11.2 Å². The molecule has 0 amide bonds. The SMILES string of the molecule is SCCc1ccc2nc(C3CCOCC3)[nH]c2c1. The lowest BCUT2D eigenvalue weighted by atomic mass is 10.00. The van der Waals surface area contributed by atoms with E-state index in [-0.39, 0.29) is 0 Å². The monoisotopic (exact) mass is 262 g/mol. The first-order chi connectivity index (χ1) is 8.86. The highest BCUT2D eigenvalue weighted by Gasteiger charge is 2.19. The Bertz CT molecular complexity index is 532. The second-order valence-corrected chi connectivity index (χ2v) is 5.28. The molecule has 0 spiro atoms. The van der Waals surface area contributed by atoms with Crippen LogP contribution >= 0.6 is 12.6 Å². The Morgan fingerprint density at radius 3 is 2.94 bits per heavy atom. The van der Waals surface area contributed by atoms with Crippen LogP contribution in [0.15, 0.2) is 18.2 Å². The largest absolute Gasteiger partial charge is 0.381 e. The fourth-order valence-electron chi connectivity index (χ4n) is 2.53. The minimum Gasteiger partial charge on any atom is -0.381 e. The van der Waals surface area contributed by atoms with Gasteiger partial charge in [0.15, 0.2) is 0 Å². The van der Waals surface area contributed by atoms with Gasteiger partial charge in [0.25, 0.3) is 0 Å². The second-order valence-electron chi connectivity index (χ2n) is 4.83. The molecule has 1 aromatic heterocycles. The Balaban J connectivity index is 1.89. The van der Waals surface area contributed by atoms with Gasteiger partial charge in [-0.05, 0) is 42.7 Å². The van der Waals surface area contributed by atoms with Crippen molar-refractivity contribution in [3.8, 4) is 0 Å². The van der Waals surface area contributed by atoms with Gasteiger partial charge >= 0.3 is 0 Å². The van der Waals surface area contributed by atoms with Crippen molar-refractivity contribution in [3.05, 3.63) is 29.6 Å². The number of aryl methyl sites for hydroxylation is 1. The van der Waals surface area contributed by atoms with Crippen LogP contribution in [0.1, 0.15) is 30.1 Å². The molecule has 96 valence electrons. The molecular weight excluding hydrogens is 244 g/mol. The maximum atomic E-state index is 5.40. The molecule has 1 aliphatic rings. The van der Waals surface area contributed by atoms with E-state index in [2.05, 4.69) is 35.8 Å². The Morgan fingerprint density at radius 2 is 2.17 bits per heavy atom. The number of fused-ring (bicyclic) bond motifs is 1. The molecule has 0 saturated carbocycles. The minimum absolute atomic E-state index is 0.527. The lowest BCUT2D eigenvalue weighted by molar-refractivity contribution is 0.0838. The number of thiol groups is 1. The van der Waals surface area contributed by atoms with Gasteiger partial charge in [-0.1, -0.05) is 6.07 Å². The summed E-state index contributed by atoms with van der Waals surface area (Å²) >= 11 is 4.27. The summed E-state index contributed by atoms with van der Waals surface area (Å²) in [7, 11) is 0. The van der Waals surface area contributed by atoms with E-state index in [4.69, 9.17) is 9.72 Å².